The molecule has 15 aromatic carbocycles. The second-order valence-corrected chi connectivity index (χ2v) is 34.0. The normalized spacial score (nSPS) is 13.0. The average molecular weight is 1380 g/mol. The highest BCUT2D eigenvalue weighted by Gasteiger charge is 2.45. The standard InChI is InChI=1S/C102H87BN4/c1-99(2,3)83-57-84(100(4,5)6)60-87(59-83)106-93-53-78-43-70-39-27-25-37-68(70)41-76(78)51-89(93)103-90-52-77-42-69-38-26-28-40-71(69)44-79(77)54-94(90)107(88-61-85(101(7,8)9)58-86(62-88)102(10,11)12)96-56-81(55-95(106)97(96)103)92-63-91(80-47-72(64-29-17-13-18-30-64)45-73(48-80)65-31-19-14-20-32-65)104-98(105-92)82-49-74(66-33-21-15-22-34-66)46-75(50-82)67-35-23-16-24-36-67/h13-63H,1-12H3. The van der Waals surface area contributed by atoms with Gasteiger partial charge in [-0.1, -0.05) is 277 Å². The first-order valence-electron chi connectivity index (χ1n) is 37.9. The predicted octanol–water partition coefficient (Wildman–Crippen LogP) is 26.0. The molecule has 0 N–H and O–H groups in total. The third-order valence-corrected chi connectivity index (χ3v) is 22.4. The molecule has 0 unspecified atom stereocenters. The first-order chi connectivity index (χ1) is 51.5. The summed E-state index contributed by atoms with van der Waals surface area (Å²) in [5.41, 5.74) is 28.3. The molecule has 1 aromatic heterocycles. The Hall–Kier alpha value is -11.9. The Morgan fingerprint density at radius 1 is 0.224 bits per heavy atom. The van der Waals surface area contributed by atoms with Gasteiger partial charge in [-0.2, -0.15) is 0 Å². The SMILES string of the molecule is CC(C)(C)c1cc(N2c3cc4cc5ccccc5cc4cc3B3c4cc5cc6ccccc6cc5cc4N(c4cc(C(C)(C)C)cc(C(C)(C)C)c4)c4cc(-c5cc(-c6cc(-c7ccccc7)cc(-c7ccccc7)c6)nc(-c6cc(-c7ccccc7)cc(-c7ccccc7)c6)n5)cc2c43)cc(C(C)(C)C)c1. The lowest BCUT2D eigenvalue weighted by molar-refractivity contribution is 0.568. The molecule has 0 fully saturated rings. The van der Waals surface area contributed by atoms with Crippen LogP contribution < -0.4 is 26.2 Å². The number of anilines is 6. The highest BCUT2D eigenvalue weighted by molar-refractivity contribution is 7.00. The summed E-state index contributed by atoms with van der Waals surface area (Å²) in [7, 11) is 0. The zero-order valence-electron chi connectivity index (χ0n) is 63.3. The summed E-state index contributed by atoms with van der Waals surface area (Å²) in [4.78, 5) is 17.2. The lowest BCUT2D eigenvalue weighted by atomic mass is 9.33. The van der Waals surface area contributed by atoms with Crippen molar-refractivity contribution in [3.8, 4) is 78.4 Å². The maximum atomic E-state index is 6.05. The number of hydrogen-bond donors (Lipinski definition) is 0. The van der Waals surface area contributed by atoms with Crippen LogP contribution in [-0.4, -0.2) is 16.7 Å². The van der Waals surface area contributed by atoms with Gasteiger partial charge in [0.1, 0.15) is 0 Å². The molecule has 16 aromatic rings. The number of fused-ring (bicyclic) bond motifs is 8. The lowest BCUT2D eigenvalue weighted by Crippen LogP contribution is -2.61. The van der Waals surface area contributed by atoms with Crippen molar-refractivity contribution in [2.45, 2.75) is 105 Å². The molecule has 0 atom stereocenters. The highest BCUT2D eigenvalue weighted by atomic mass is 15.2. The van der Waals surface area contributed by atoms with Crippen molar-refractivity contribution in [1.29, 1.82) is 0 Å². The molecule has 2 aliphatic rings. The Morgan fingerprint density at radius 2 is 0.505 bits per heavy atom. The van der Waals surface area contributed by atoms with E-state index in [1.54, 1.807) is 0 Å². The zero-order chi connectivity index (χ0) is 73.4. The molecule has 0 spiro atoms. The Bertz CT molecular complexity index is 5680. The van der Waals surface area contributed by atoms with Gasteiger partial charge in [0.15, 0.2) is 5.82 Å². The van der Waals surface area contributed by atoms with Crippen LogP contribution in [0.4, 0.5) is 34.1 Å². The van der Waals surface area contributed by atoms with Crippen LogP contribution in [0.25, 0.3) is 122 Å². The van der Waals surface area contributed by atoms with Gasteiger partial charge >= 0.3 is 0 Å². The topological polar surface area (TPSA) is 32.3 Å². The van der Waals surface area contributed by atoms with E-state index in [1.807, 2.05) is 0 Å². The van der Waals surface area contributed by atoms with Crippen molar-refractivity contribution >= 4 is 100 Å². The molecule has 0 radical (unpaired) electrons. The summed E-state index contributed by atoms with van der Waals surface area (Å²) in [5.74, 6) is 0.630. The van der Waals surface area contributed by atoms with E-state index in [2.05, 4.69) is 402 Å². The maximum absolute atomic E-state index is 6.05. The van der Waals surface area contributed by atoms with Gasteiger partial charge < -0.3 is 9.80 Å². The summed E-state index contributed by atoms with van der Waals surface area (Å²) < 4.78 is 0. The molecule has 107 heavy (non-hydrogen) atoms. The quantitative estimate of drug-likeness (QED) is 0.106. The van der Waals surface area contributed by atoms with Crippen LogP contribution >= 0.6 is 0 Å². The highest BCUT2D eigenvalue weighted by Crippen LogP contribution is 2.51. The van der Waals surface area contributed by atoms with E-state index in [-0.39, 0.29) is 28.4 Å². The van der Waals surface area contributed by atoms with Gasteiger partial charge in [0, 0.05) is 50.8 Å². The monoisotopic (exact) mass is 1380 g/mol. The predicted molar refractivity (Wildman–Crippen MR) is 459 cm³/mol. The molecule has 0 saturated heterocycles. The van der Waals surface area contributed by atoms with Crippen molar-refractivity contribution < 1.29 is 0 Å². The minimum atomic E-state index is -0.218. The van der Waals surface area contributed by atoms with Crippen LogP contribution in [0.1, 0.15) is 105 Å². The number of aromatic nitrogens is 2. The molecule has 0 aliphatic carbocycles. The van der Waals surface area contributed by atoms with E-state index in [1.165, 1.54) is 81.7 Å². The van der Waals surface area contributed by atoms with E-state index in [4.69, 9.17) is 9.97 Å². The first-order valence-corrected chi connectivity index (χ1v) is 37.9. The molecule has 518 valence electrons. The molecule has 18 rings (SSSR count). The van der Waals surface area contributed by atoms with Gasteiger partial charge in [0.05, 0.1) is 11.4 Å². The van der Waals surface area contributed by atoms with E-state index in [0.29, 0.717) is 5.82 Å². The van der Waals surface area contributed by atoms with E-state index >= 15 is 0 Å². The zero-order valence-corrected chi connectivity index (χ0v) is 63.3. The molecule has 2 aliphatic heterocycles. The average Bonchev–Trinajstić information content (AvgIpc) is 0.687. The summed E-state index contributed by atoms with van der Waals surface area (Å²) in [6, 6.07) is 117. The molecule has 0 amide bonds. The van der Waals surface area contributed by atoms with Gasteiger partial charge in [0.2, 0.25) is 0 Å². The smallest absolute Gasteiger partial charge is 0.252 e. The third-order valence-electron chi connectivity index (χ3n) is 22.4. The van der Waals surface area contributed by atoms with Gasteiger partial charge in [0.25, 0.3) is 6.71 Å². The molecular weight excluding hydrogens is 1290 g/mol. The third kappa shape index (κ3) is 12.4. The Kier molecular flexibility index (Phi) is 15.9. The van der Waals surface area contributed by atoms with Crippen molar-refractivity contribution in [3.63, 3.8) is 0 Å². The fourth-order valence-electron chi connectivity index (χ4n) is 16.4. The van der Waals surface area contributed by atoms with Crippen LogP contribution in [0.5, 0.6) is 0 Å². The van der Waals surface area contributed by atoms with Crippen molar-refractivity contribution in [2.75, 3.05) is 9.80 Å². The maximum Gasteiger partial charge on any atom is 0.252 e. The van der Waals surface area contributed by atoms with Gasteiger partial charge in [-0.3, -0.25) is 0 Å². The van der Waals surface area contributed by atoms with Gasteiger partial charge in [-0.25, -0.2) is 9.97 Å². The number of nitrogens with zero attached hydrogens (tertiary/aromatic N) is 4. The Labute approximate surface area is 630 Å². The molecule has 0 bridgehead atoms. The minimum Gasteiger partial charge on any atom is -0.311 e. The summed E-state index contributed by atoms with van der Waals surface area (Å²) in [5, 5.41) is 9.69. The molecular formula is C102H87BN4. The second-order valence-electron chi connectivity index (χ2n) is 34.0. The second kappa shape index (κ2) is 25.4. The van der Waals surface area contributed by atoms with Crippen LogP contribution in [0.2, 0.25) is 0 Å². The fraction of sp³-hybridized carbons (Fsp3) is 0.157. The number of hydrogen-bond acceptors (Lipinski definition) is 4. The van der Waals surface area contributed by atoms with Crippen LogP contribution in [0.3, 0.4) is 0 Å². The van der Waals surface area contributed by atoms with Gasteiger partial charge in [-0.15, -0.1) is 0 Å². The number of benzene rings is 15. The first kappa shape index (κ1) is 67.0. The van der Waals surface area contributed by atoms with Crippen molar-refractivity contribution in [1.82, 2.24) is 9.97 Å². The summed E-state index contributed by atoms with van der Waals surface area (Å²) >= 11 is 0. The number of rotatable bonds is 9. The van der Waals surface area contributed by atoms with Crippen molar-refractivity contribution in [2.24, 2.45) is 0 Å². The molecule has 5 heteroatoms. The molecule has 4 nitrogen and oxygen atoms in total. The fourth-order valence-corrected chi connectivity index (χ4v) is 16.4. The molecule has 3 heterocycles. The Balaban J connectivity index is 1.01. The van der Waals surface area contributed by atoms with Crippen LogP contribution in [0, 0.1) is 0 Å². The lowest BCUT2D eigenvalue weighted by Gasteiger charge is -2.45. The van der Waals surface area contributed by atoms with E-state index < -0.39 is 0 Å². The van der Waals surface area contributed by atoms with E-state index in [0.717, 1.165) is 107 Å². The largest absolute Gasteiger partial charge is 0.311 e. The van der Waals surface area contributed by atoms with Crippen molar-refractivity contribution in [3.05, 3.63) is 332 Å². The Morgan fingerprint density at radius 3 is 0.822 bits per heavy atom. The molecule has 0 saturated carbocycles. The summed E-state index contributed by atoms with van der Waals surface area (Å²) in [6.45, 7) is 28.1. The van der Waals surface area contributed by atoms with Crippen LogP contribution in [-0.2, 0) is 21.7 Å². The summed E-state index contributed by atoms with van der Waals surface area (Å²) in [6.07, 6.45) is 0. The van der Waals surface area contributed by atoms with E-state index in [9.17, 15) is 0 Å². The van der Waals surface area contributed by atoms with Gasteiger partial charge in [-0.05, 0) is 263 Å². The minimum absolute atomic E-state index is 0.186. The van der Waals surface area contributed by atoms with Crippen LogP contribution in [0.15, 0.2) is 309 Å².